The maximum absolute atomic E-state index is 11.8. The summed E-state index contributed by atoms with van der Waals surface area (Å²) in [6, 6.07) is 7.20. The molecule has 104 valence electrons. The van der Waals surface area contributed by atoms with Gasteiger partial charge >= 0.3 is 0 Å². The van der Waals surface area contributed by atoms with Crippen molar-refractivity contribution >= 4 is 21.6 Å². The second-order valence-corrected chi connectivity index (χ2v) is 6.20. The molecule has 0 aromatic heterocycles. The predicted octanol–water partition coefficient (Wildman–Crippen LogP) is 0.351. The van der Waals surface area contributed by atoms with Crippen molar-refractivity contribution in [3.05, 3.63) is 24.3 Å². The third-order valence-corrected chi connectivity index (χ3v) is 4.25. The first-order chi connectivity index (χ1) is 9.03. The maximum Gasteiger partial charge on any atom is 0.265 e. The van der Waals surface area contributed by atoms with Crippen molar-refractivity contribution in [2.75, 3.05) is 30.3 Å². The van der Waals surface area contributed by atoms with Gasteiger partial charge in [0.25, 0.3) is 5.91 Å². The molecule has 0 saturated heterocycles. The van der Waals surface area contributed by atoms with Gasteiger partial charge in [-0.2, -0.15) is 0 Å². The van der Waals surface area contributed by atoms with Gasteiger partial charge in [-0.15, -0.1) is 0 Å². The van der Waals surface area contributed by atoms with Crippen molar-refractivity contribution in [2.45, 2.75) is 6.92 Å². The van der Waals surface area contributed by atoms with Gasteiger partial charge in [-0.1, -0.05) is 12.1 Å². The minimum atomic E-state index is -3.23. The first-order valence-electron chi connectivity index (χ1n) is 6.03. The van der Waals surface area contributed by atoms with Gasteiger partial charge in [0.1, 0.15) is 5.75 Å². The number of fused-ring (bicyclic) bond motifs is 1. The van der Waals surface area contributed by atoms with E-state index in [0.29, 0.717) is 18.0 Å². The number of carbonyl (C=O) groups is 1. The van der Waals surface area contributed by atoms with Gasteiger partial charge in [0.15, 0.2) is 6.61 Å². The molecule has 1 aromatic rings. The Morgan fingerprint density at radius 2 is 2.11 bits per heavy atom. The molecule has 1 aliphatic rings. The molecule has 1 aromatic carbocycles. The summed E-state index contributed by atoms with van der Waals surface area (Å²) in [7, 11) is -3.23. The minimum Gasteiger partial charge on any atom is -0.482 e. The van der Waals surface area contributed by atoms with Crippen LogP contribution in [0.15, 0.2) is 24.3 Å². The SMILES string of the molecule is CCS(=O)(=O)NCCN1C(=O)COc2ccccc21. The predicted molar refractivity (Wildman–Crippen MR) is 71.8 cm³/mol. The summed E-state index contributed by atoms with van der Waals surface area (Å²) in [6.45, 7) is 2.03. The molecule has 1 heterocycles. The van der Waals surface area contributed by atoms with E-state index < -0.39 is 10.0 Å². The van der Waals surface area contributed by atoms with Gasteiger partial charge in [-0.25, -0.2) is 13.1 Å². The van der Waals surface area contributed by atoms with E-state index in [9.17, 15) is 13.2 Å². The normalized spacial score (nSPS) is 15.0. The molecule has 0 fully saturated rings. The van der Waals surface area contributed by atoms with E-state index in [4.69, 9.17) is 4.74 Å². The summed E-state index contributed by atoms with van der Waals surface area (Å²) < 4.78 is 30.4. The number of ether oxygens (including phenoxy) is 1. The number of nitrogens with one attached hydrogen (secondary N) is 1. The lowest BCUT2D eigenvalue weighted by Crippen LogP contribution is -2.43. The molecule has 0 saturated carbocycles. The highest BCUT2D eigenvalue weighted by molar-refractivity contribution is 7.89. The average molecular weight is 284 g/mol. The summed E-state index contributed by atoms with van der Waals surface area (Å²) >= 11 is 0. The van der Waals surface area contributed by atoms with Crippen LogP contribution < -0.4 is 14.4 Å². The van der Waals surface area contributed by atoms with Crippen molar-refractivity contribution in [1.82, 2.24) is 4.72 Å². The molecule has 1 aliphatic heterocycles. The monoisotopic (exact) mass is 284 g/mol. The molecule has 1 amide bonds. The lowest BCUT2D eigenvalue weighted by molar-refractivity contribution is -0.121. The zero-order valence-electron chi connectivity index (χ0n) is 10.6. The number of anilines is 1. The van der Waals surface area contributed by atoms with Crippen molar-refractivity contribution in [2.24, 2.45) is 0 Å². The number of nitrogens with zero attached hydrogens (tertiary/aromatic N) is 1. The highest BCUT2D eigenvalue weighted by atomic mass is 32.2. The molecule has 0 unspecified atom stereocenters. The quantitative estimate of drug-likeness (QED) is 0.846. The van der Waals surface area contributed by atoms with E-state index in [1.165, 1.54) is 4.90 Å². The summed E-state index contributed by atoms with van der Waals surface area (Å²) in [5.74, 6) is 0.496. The lowest BCUT2D eigenvalue weighted by atomic mass is 10.2. The molecule has 0 aliphatic carbocycles. The van der Waals surface area contributed by atoms with E-state index in [1.54, 1.807) is 19.1 Å². The molecule has 0 bridgehead atoms. The van der Waals surface area contributed by atoms with Crippen molar-refractivity contribution < 1.29 is 17.9 Å². The molecule has 19 heavy (non-hydrogen) atoms. The van der Waals surface area contributed by atoms with Crippen molar-refractivity contribution in [3.8, 4) is 5.75 Å². The van der Waals surface area contributed by atoms with Crippen LogP contribution in [0.5, 0.6) is 5.75 Å². The van der Waals surface area contributed by atoms with E-state index in [0.717, 1.165) is 0 Å². The smallest absolute Gasteiger partial charge is 0.265 e. The van der Waals surface area contributed by atoms with Crippen LogP contribution in [-0.2, 0) is 14.8 Å². The minimum absolute atomic E-state index is 0.0163. The number of hydrogen-bond acceptors (Lipinski definition) is 4. The first-order valence-corrected chi connectivity index (χ1v) is 7.68. The number of benzene rings is 1. The third kappa shape index (κ3) is 3.24. The highest BCUT2D eigenvalue weighted by Crippen LogP contribution is 2.30. The van der Waals surface area contributed by atoms with Gasteiger partial charge < -0.3 is 9.64 Å². The van der Waals surface area contributed by atoms with Gasteiger partial charge in [-0.05, 0) is 19.1 Å². The van der Waals surface area contributed by atoms with Crippen LogP contribution >= 0.6 is 0 Å². The Labute approximate surface area is 112 Å². The number of para-hydroxylation sites is 2. The Hall–Kier alpha value is -1.60. The Morgan fingerprint density at radius 1 is 1.37 bits per heavy atom. The summed E-state index contributed by atoms with van der Waals surface area (Å²) in [5, 5.41) is 0. The number of carbonyl (C=O) groups excluding carboxylic acids is 1. The topological polar surface area (TPSA) is 75.7 Å². The Bertz CT molecular complexity index is 571. The van der Waals surface area contributed by atoms with E-state index in [-0.39, 0.29) is 24.8 Å². The molecule has 0 spiro atoms. The number of sulfonamides is 1. The average Bonchev–Trinajstić information content (AvgIpc) is 2.41. The van der Waals surface area contributed by atoms with Crippen LogP contribution in [0.2, 0.25) is 0 Å². The van der Waals surface area contributed by atoms with Gasteiger partial charge in [0.2, 0.25) is 10.0 Å². The molecule has 6 nitrogen and oxygen atoms in total. The van der Waals surface area contributed by atoms with Crippen LogP contribution in [0.1, 0.15) is 6.92 Å². The number of rotatable bonds is 5. The molecule has 0 atom stereocenters. The molecule has 7 heteroatoms. The van der Waals surface area contributed by atoms with Crippen LogP contribution in [-0.4, -0.2) is 39.8 Å². The van der Waals surface area contributed by atoms with Crippen molar-refractivity contribution in [3.63, 3.8) is 0 Å². The van der Waals surface area contributed by atoms with Crippen LogP contribution in [0, 0.1) is 0 Å². The Kier molecular flexibility index (Phi) is 4.06. The largest absolute Gasteiger partial charge is 0.482 e. The Balaban J connectivity index is 2.06. The molecular formula is C12H16N2O4S. The van der Waals surface area contributed by atoms with Crippen LogP contribution in [0.4, 0.5) is 5.69 Å². The van der Waals surface area contributed by atoms with E-state index in [1.807, 2.05) is 12.1 Å². The summed E-state index contributed by atoms with van der Waals surface area (Å²) in [6.07, 6.45) is 0. The number of amides is 1. The zero-order chi connectivity index (χ0) is 13.9. The fraction of sp³-hybridized carbons (Fsp3) is 0.417. The lowest BCUT2D eigenvalue weighted by Gasteiger charge is -2.29. The van der Waals surface area contributed by atoms with Gasteiger partial charge in [0, 0.05) is 13.1 Å². The van der Waals surface area contributed by atoms with E-state index in [2.05, 4.69) is 4.72 Å². The van der Waals surface area contributed by atoms with Crippen molar-refractivity contribution in [1.29, 1.82) is 0 Å². The van der Waals surface area contributed by atoms with Gasteiger partial charge in [0.05, 0.1) is 11.4 Å². The summed E-state index contributed by atoms with van der Waals surface area (Å²) in [4.78, 5) is 13.3. The second-order valence-electron chi connectivity index (χ2n) is 4.10. The fourth-order valence-corrected chi connectivity index (χ4v) is 2.42. The summed E-state index contributed by atoms with van der Waals surface area (Å²) in [5.41, 5.74) is 0.675. The van der Waals surface area contributed by atoms with Crippen LogP contribution in [0.25, 0.3) is 0 Å². The highest BCUT2D eigenvalue weighted by Gasteiger charge is 2.24. The number of hydrogen-bond donors (Lipinski definition) is 1. The first kappa shape index (κ1) is 13.8. The molecule has 1 N–H and O–H groups in total. The molecular weight excluding hydrogens is 268 g/mol. The fourth-order valence-electron chi connectivity index (χ4n) is 1.81. The molecule has 0 radical (unpaired) electrons. The standard InChI is InChI=1S/C12H16N2O4S/c1-2-19(16,17)13-7-8-14-10-5-3-4-6-11(10)18-9-12(14)15/h3-6,13H,2,7-9H2,1H3. The second kappa shape index (κ2) is 5.58. The third-order valence-electron chi connectivity index (χ3n) is 2.85. The van der Waals surface area contributed by atoms with E-state index >= 15 is 0 Å². The maximum atomic E-state index is 11.8. The zero-order valence-corrected chi connectivity index (χ0v) is 11.4. The van der Waals surface area contributed by atoms with Gasteiger partial charge in [-0.3, -0.25) is 4.79 Å². The van der Waals surface area contributed by atoms with Crippen LogP contribution in [0.3, 0.4) is 0 Å². The molecule has 2 rings (SSSR count). The Morgan fingerprint density at radius 3 is 2.84 bits per heavy atom.